The number of carbonyl (C=O) groups is 2. The van der Waals surface area contributed by atoms with Crippen LogP contribution in [0.4, 0.5) is 4.39 Å². The van der Waals surface area contributed by atoms with Gasteiger partial charge in [0, 0.05) is 47.0 Å². The highest BCUT2D eigenvalue weighted by atomic mass is 35.5. The predicted molar refractivity (Wildman–Crippen MR) is 190 cm³/mol. The zero-order valence-electron chi connectivity index (χ0n) is 27.9. The lowest BCUT2D eigenvalue weighted by molar-refractivity contribution is -0.121. The number of piperidine rings is 1. The van der Waals surface area contributed by atoms with E-state index in [1.54, 1.807) is 24.3 Å². The van der Waals surface area contributed by atoms with Crippen molar-refractivity contribution >= 4 is 40.2 Å². The van der Waals surface area contributed by atoms with E-state index in [1.165, 1.54) is 6.07 Å². The number of hydrogen-bond donors (Lipinski definition) is 2. The van der Waals surface area contributed by atoms with Crippen LogP contribution in [0.2, 0.25) is 5.02 Å². The summed E-state index contributed by atoms with van der Waals surface area (Å²) in [6.07, 6.45) is 8.53. The second-order valence-electron chi connectivity index (χ2n) is 13.3. The second kappa shape index (κ2) is 14.4. The molecular weight excluding hydrogens is 673 g/mol. The number of carbonyl (C=O) groups excluding carboxylic acids is 2. The van der Waals surface area contributed by atoms with Crippen molar-refractivity contribution in [1.82, 2.24) is 30.2 Å². The van der Waals surface area contributed by atoms with Crippen LogP contribution >= 0.6 is 11.6 Å². The number of nitrogens with zero attached hydrogens (tertiary/aromatic N) is 5. The van der Waals surface area contributed by atoms with Gasteiger partial charge in [0.2, 0.25) is 5.88 Å². The molecule has 1 aliphatic carbocycles. The average Bonchev–Trinajstić information content (AvgIpc) is 3.66. The van der Waals surface area contributed by atoms with Gasteiger partial charge in [0.05, 0.1) is 35.9 Å². The van der Waals surface area contributed by atoms with Gasteiger partial charge in [-0.3, -0.25) is 14.5 Å². The van der Waals surface area contributed by atoms with Gasteiger partial charge in [0.15, 0.2) is 0 Å². The number of nitrogens with one attached hydrogen (secondary N) is 2. The van der Waals surface area contributed by atoms with E-state index in [0.717, 1.165) is 67.1 Å². The van der Waals surface area contributed by atoms with Gasteiger partial charge in [-0.15, -0.1) is 0 Å². The maximum atomic E-state index is 14.2. The summed E-state index contributed by atoms with van der Waals surface area (Å²) in [6.45, 7) is 4.30. The molecule has 2 aromatic heterocycles. The van der Waals surface area contributed by atoms with E-state index in [2.05, 4.69) is 25.3 Å². The quantitative estimate of drug-likeness (QED) is 0.217. The maximum Gasteiger partial charge on any atom is 0.253 e. The highest BCUT2D eigenvalue weighted by Crippen LogP contribution is 2.30. The smallest absolute Gasteiger partial charge is 0.253 e. The number of hydrogen-bond acceptors (Lipinski definition) is 8. The van der Waals surface area contributed by atoms with E-state index in [-0.39, 0.29) is 30.4 Å². The van der Waals surface area contributed by atoms with Crippen molar-refractivity contribution in [3.05, 3.63) is 112 Å². The Morgan fingerprint density at radius 1 is 1.08 bits per heavy atom. The Balaban J connectivity index is 0.910. The Kier molecular flexibility index (Phi) is 9.37. The van der Waals surface area contributed by atoms with Crippen molar-refractivity contribution in [2.75, 3.05) is 26.2 Å². The van der Waals surface area contributed by atoms with E-state index in [9.17, 15) is 14.0 Å². The molecule has 0 radical (unpaired) electrons. The average molecular weight is 710 g/mol. The van der Waals surface area contributed by atoms with E-state index in [4.69, 9.17) is 31.0 Å². The third-order valence-corrected chi connectivity index (χ3v) is 10.2. The Morgan fingerprint density at radius 3 is 2.75 bits per heavy atom. The van der Waals surface area contributed by atoms with Gasteiger partial charge in [0.1, 0.15) is 24.2 Å². The molecule has 0 saturated carbocycles. The molecule has 2 fully saturated rings. The highest BCUT2D eigenvalue weighted by molar-refractivity contribution is 6.30. The Bertz CT molecular complexity index is 2080. The van der Waals surface area contributed by atoms with Gasteiger partial charge in [-0.25, -0.2) is 19.8 Å². The number of hydrazone groups is 1. The Labute approximate surface area is 299 Å². The van der Waals surface area contributed by atoms with Gasteiger partial charge in [-0.05, 0) is 80.4 Å². The lowest BCUT2D eigenvalue weighted by atomic mass is 9.93. The number of amides is 2. The fourth-order valence-corrected chi connectivity index (χ4v) is 7.11. The third kappa shape index (κ3) is 7.30. The lowest BCUT2D eigenvalue weighted by Gasteiger charge is -2.32. The molecule has 8 rings (SSSR count). The number of allylic oxidation sites excluding steroid dienone is 1. The number of likely N-dealkylation sites (tertiary alicyclic amines) is 1. The SMILES string of the molecule is O=C(NCC1=CC2C(=O)NN=C2C=C1)c1ccc2c(c1)nc(CN1CCC(c3cccc(OCc4ccc(Cl)cc4F)n3)CC1)n2C[C@@H]1CCO1. The van der Waals surface area contributed by atoms with Gasteiger partial charge < -0.3 is 19.4 Å². The van der Waals surface area contributed by atoms with Crippen LogP contribution in [0.3, 0.4) is 0 Å². The molecule has 0 bridgehead atoms. The molecule has 3 aliphatic heterocycles. The van der Waals surface area contributed by atoms with E-state index in [0.29, 0.717) is 47.4 Å². The topological polar surface area (TPSA) is 123 Å². The number of fused-ring (bicyclic) bond motifs is 2. The number of aromatic nitrogens is 3. The van der Waals surface area contributed by atoms with Crippen LogP contribution in [0, 0.1) is 11.7 Å². The van der Waals surface area contributed by atoms with Crippen molar-refractivity contribution in [2.24, 2.45) is 11.0 Å². The number of benzene rings is 2. The molecule has 2 N–H and O–H groups in total. The van der Waals surface area contributed by atoms with Gasteiger partial charge in [-0.2, -0.15) is 5.10 Å². The van der Waals surface area contributed by atoms with Crippen LogP contribution in [0.5, 0.6) is 5.88 Å². The first-order chi connectivity index (χ1) is 24.9. The second-order valence-corrected chi connectivity index (χ2v) is 13.8. The first-order valence-electron chi connectivity index (χ1n) is 17.3. The largest absolute Gasteiger partial charge is 0.473 e. The fraction of sp³-hybridized carbons (Fsp3) is 0.342. The van der Waals surface area contributed by atoms with Crippen LogP contribution in [-0.2, 0) is 29.2 Å². The van der Waals surface area contributed by atoms with Crippen LogP contribution in [0.25, 0.3) is 11.0 Å². The molecule has 11 nitrogen and oxygen atoms in total. The van der Waals surface area contributed by atoms with Crippen molar-refractivity contribution in [3.8, 4) is 5.88 Å². The molecule has 4 aliphatic rings. The number of rotatable bonds is 11. The zero-order valence-corrected chi connectivity index (χ0v) is 28.6. The molecule has 51 heavy (non-hydrogen) atoms. The van der Waals surface area contributed by atoms with Gasteiger partial charge in [0.25, 0.3) is 11.8 Å². The number of pyridine rings is 1. The summed E-state index contributed by atoms with van der Waals surface area (Å²) in [6, 6.07) is 16.0. The molecule has 2 amide bonds. The number of ether oxygens (including phenoxy) is 2. The maximum absolute atomic E-state index is 14.2. The summed E-state index contributed by atoms with van der Waals surface area (Å²) < 4.78 is 28.1. The molecule has 2 saturated heterocycles. The zero-order chi connectivity index (χ0) is 34.9. The molecule has 0 spiro atoms. The van der Waals surface area contributed by atoms with Crippen molar-refractivity contribution < 1.29 is 23.5 Å². The summed E-state index contributed by atoms with van der Waals surface area (Å²) in [5.74, 6) is 0.526. The van der Waals surface area contributed by atoms with Gasteiger partial charge in [-0.1, -0.05) is 35.9 Å². The van der Waals surface area contributed by atoms with Crippen molar-refractivity contribution in [3.63, 3.8) is 0 Å². The normalized spacial score (nSPS) is 20.4. The monoisotopic (exact) mass is 709 g/mol. The molecule has 5 heterocycles. The van der Waals surface area contributed by atoms with Crippen LogP contribution in [0.15, 0.2) is 83.5 Å². The molecule has 262 valence electrons. The molecule has 2 atom stereocenters. The van der Waals surface area contributed by atoms with Crippen molar-refractivity contribution in [1.29, 1.82) is 0 Å². The fourth-order valence-electron chi connectivity index (χ4n) is 6.95. The summed E-state index contributed by atoms with van der Waals surface area (Å²) in [5, 5.41) is 7.34. The molecule has 13 heteroatoms. The summed E-state index contributed by atoms with van der Waals surface area (Å²) in [5.41, 5.74) is 7.69. The minimum absolute atomic E-state index is 0.0747. The van der Waals surface area contributed by atoms with E-state index in [1.807, 2.05) is 42.5 Å². The minimum Gasteiger partial charge on any atom is -0.473 e. The lowest BCUT2D eigenvalue weighted by Crippen LogP contribution is -2.35. The van der Waals surface area contributed by atoms with Crippen LogP contribution in [0.1, 0.15) is 52.6 Å². The van der Waals surface area contributed by atoms with E-state index < -0.39 is 11.7 Å². The predicted octanol–water partition coefficient (Wildman–Crippen LogP) is 5.30. The standard InChI is InChI=1S/C38H37ClFN7O4/c39-27-7-5-26(30(40)18-27)22-51-36-3-1-2-31(43-36)24-10-13-46(14-11-24)21-35-42-33-17-25(6-9-34(33)47(35)20-28-12-15-50-28)37(48)41-19-23-4-8-32-29(16-23)38(49)45-44-32/h1-9,16-18,24,28-29H,10-15,19-22H2,(H,41,48)(H,45,49)/t28-,29?/m0/s1. The van der Waals surface area contributed by atoms with Crippen LogP contribution < -0.4 is 15.5 Å². The number of imidazole rings is 1. The third-order valence-electron chi connectivity index (χ3n) is 9.97. The first-order valence-corrected chi connectivity index (χ1v) is 17.7. The summed E-state index contributed by atoms with van der Waals surface area (Å²) in [4.78, 5) is 37.4. The molecule has 1 unspecified atom stereocenters. The first kappa shape index (κ1) is 33.2. The molecule has 2 aromatic carbocycles. The van der Waals surface area contributed by atoms with Crippen LogP contribution in [-0.4, -0.2) is 69.3 Å². The van der Waals surface area contributed by atoms with E-state index >= 15 is 0 Å². The van der Waals surface area contributed by atoms with Gasteiger partial charge >= 0.3 is 0 Å². The summed E-state index contributed by atoms with van der Waals surface area (Å²) >= 11 is 5.88. The highest BCUT2D eigenvalue weighted by Gasteiger charge is 2.29. The van der Waals surface area contributed by atoms with Crippen molar-refractivity contribution in [2.45, 2.75) is 51.0 Å². The number of halogens is 2. The minimum atomic E-state index is -0.409. The molecular formula is C38H37ClFN7O4. The summed E-state index contributed by atoms with van der Waals surface area (Å²) in [7, 11) is 0. The molecule has 4 aromatic rings. The Hall–Kier alpha value is -4.91. The Morgan fingerprint density at radius 2 is 1.94 bits per heavy atom.